The van der Waals surface area contributed by atoms with E-state index in [9.17, 15) is 8.42 Å². The van der Waals surface area contributed by atoms with Crippen LogP contribution in [-0.4, -0.2) is 25.8 Å². The van der Waals surface area contributed by atoms with Crippen LogP contribution in [0.4, 0.5) is 0 Å². The lowest BCUT2D eigenvalue weighted by Gasteiger charge is -2.23. The largest absolute Gasteiger partial charge is 0.326 e. The molecular weight excluding hydrogens is 256 g/mol. The van der Waals surface area contributed by atoms with E-state index < -0.39 is 10.0 Å². The maximum atomic E-state index is 12.3. The van der Waals surface area contributed by atoms with Crippen molar-refractivity contribution in [2.75, 3.05) is 7.05 Å². The number of thiophene rings is 1. The molecule has 1 atom stereocenters. The minimum Gasteiger partial charge on any atom is -0.326 e. The predicted molar refractivity (Wildman–Crippen MR) is 71.5 cm³/mol. The average molecular weight is 276 g/mol. The lowest BCUT2D eigenvalue weighted by Crippen LogP contribution is -2.34. The van der Waals surface area contributed by atoms with Crippen LogP contribution in [0.1, 0.15) is 31.6 Å². The molecule has 0 spiro atoms. The summed E-state index contributed by atoms with van der Waals surface area (Å²) in [7, 11) is -1.72. The van der Waals surface area contributed by atoms with Crippen LogP contribution in [-0.2, 0) is 16.6 Å². The second-order valence-electron chi connectivity index (χ2n) is 4.08. The zero-order valence-corrected chi connectivity index (χ0v) is 12.1. The molecule has 0 fully saturated rings. The van der Waals surface area contributed by atoms with Crippen molar-refractivity contribution < 1.29 is 8.42 Å². The molecule has 1 heterocycles. The van der Waals surface area contributed by atoms with Crippen LogP contribution in [0.2, 0.25) is 0 Å². The molecule has 0 aliphatic carbocycles. The van der Waals surface area contributed by atoms with Gasteiger partial charge in [0.2, 0.25) is 0 Å². The summed E-state index contributed by atoms with van der Waals surface area (Å²) in [5.41, 5.74) is 5.49. The Labute approximate surface area is 107 Å². The molecule has 0 aliphatic heterocycles. The Hall–Kier alpha value is -0.430. The van der Waals surface area contributed by atoms with Crippen molar-refractivity contribution in [3.8, 4) is 0 Å². The second-order valence-corrected chi connectivity index (χ2v) is 7.48. The van der Waals surface area contributed by atoms with Crippen molar-refractivity contribution in [2.45, 2.75) is 43.5 Å². The van der Waals surface area contributed by atoms with Crippen molar-refractivity contribution >= 4 is 21.4 Å². The summed E-state index contributed by atoms with van der Waals surface area (Å²) in [6, 6.07) is 3.43. The smallest absolute Gasteiger partial charge is 0.252 e. The molecule has 0 saturated carbocycles. The van der Waals surface area contributed by atoms with Crippen molar-refractivity contribution in [3.63, 3.8) is 0 Å². The zero-order valence-electron chi connectivity index (χ0n) is 10.5. The van der Waals surface area contributed by atoms with Crippen LogP contribution in [0.25, 0.3) is 0 Å². The molecule has 0 amide bonds. The van der Waals surface area contributed by atoms with Gasteiger partial charge < -0.3 is 5.73 Å². The van der Waals surface area contributed by atoms with Crippen molar-refractivity contribution in [1.82, 2.24) is 4.31 Å². The number of hydrogen-bond donors (Lipinski definition) is 1. The maximum absolute atomic E-state index is 12.3. The third-order valence-corrected chi connectivity index (χ3v) is 6.35. The normalized spacial score (nSPS) is 14.2. The fraction of sp³-hybridized carbons (Fsp3) is 0.636. The first-order valence-corrected chi connectivity index (χ1v) is 7.96. The number of sulfonamides is 1. The molecule has 1 aromatic rings. The molecule has 0 aliphatic rings. The van der Waals surface area contributed by atoms with E-state index >= 15 is 0 Å². The Morgan fingerprint density at radius 3 is 2.59 bits per heavy atom. The van der Waals surface area contributed by atoms with E-state index in [-0.39, 0.29) is 6.04 Å². The molecule has 1 unspecified atom stereocenters. The molecule has 1 aromatic heterocycles. The molecule has 0 saturated heterocycles. The van der Waals surface area contributed by atoms with E-state index in [1.807, 2.05) is 6.92 Å². The van der Waals surface area contributed by atoms with Crippen molar-refractivity contribution in [1.29, 1.82) is 0 Å². The highest BCUT2D eigenvalue weighted by molar-refractivity contribution is 7.91. The molecule has 1 rings (SSSR count). The highest BCUT2D eigenvalue weighted by atomic mass is 32.2. The summed E-state index contributed by atoms with van der Waals surface area (Å²) in [4.78, 5) is 0.889. The maximum Gasteiger partial charge on any atom is 0.252 e. The van der Waals surface area contributed by atoms with Crippen LogP contribution in [0.5, 0.6) is 0 Å². The van der Waals surface area contributed by atoms with Gasteiger partial charge in [-0.1, -0.05) is 13.3 Å². The number of hydrogen-bond acceptors (Lipinski definition) is 4. The molecule has 6 heteroatoms. The quantitative estimate of drug-likeness (QED) is 0.864. The topological polar surface area (TPSA) is 63.4 Å². The standard InChI is InChI=1S/C11H20N2O2S2/c1-4-5-9(2)13(3)17(14,15)11-7-6-10(8-12)16-11/h6-7,9H,4-5,8,12H2,1-3H3. The Balaban J connectivity index is 2.94. The van der Waals surface area contributed by atoms with Crippen molar-refractivity contribution in [3.05, 3.63) is 17.0 Å². The van der Waals surface area contributed by atoms with Crippen LogP contribution in [0, 0.1) is 0 Å². The van der Waals surface area contributed by atoms with E-state index in [1.54, 1.807) is 19.2 Å². The third kappa shape index (κ3) is 3.28. The van der Waals surface area contributed by atoms with Gasteiger partial charge in [0.1, 0.15) is 4.21 Å². The van der Waals surface area contributed by atoms with E-state index in [4.69, 9.17) is 5.73 Å². The first-order chi connectivity index (χ1) is 7.93. The minimum atomic E-state index is -3.35. The molecule has 98 valence electrons. The second kappa shape index (κ2) is 5.95. The van der Waals surface area contributed by atoms with E-state index in [0.29, 0.717) is 10.8 Å². The number of nitrogens with zero attached hydrogens (tertiary/aromatic N) is 1. The fourth-order valence-electron chi connectivity index (χ4n) is 1.58. The third-order valence-electron chi connectivity index (χ3n) is 2.80. The highest BCUT2D eigenvalue weighted by Gasteiger charge is 2.26. The molecule has 0 bridgehead atoms. The summed E-state index contributed by atoms with van der Waals surface area (Å²) >= 11 is 1.25. The SMILES string of the molecule is CCCC(C)N(C)S(=O)(=O)c1ccc(CN)s1. The van der Waals surface area contributed by atoms with Crippen LogP contribution >= 0.6 is 11.3 Å². The van der Waals surface area contributed by atoms with E-state index in [1.165, 1.54) is 15.6 Å². The Morgan fingerprint density at radius 2 is 2.12 bits per heavy atom. The van der Waals surface area contributed by atoms with E-state index in [2.05, 4.69) is 6.92 Å². The van der Waals surface area contributed by atoms with Gasteiger partial charge in [0.15, 0.2) is 0 Å². The molecule has 2 N–H and O–H groups in total. The zero-order chi connectivity index (χ0) is 13.1. The van der Waals surface area contributed by atoms with Gasteiger partial charge in [0.25, 0.3) is 10.0 Å². The first kappa shape index (κ1) is 14.6. The predicted octanol–water partition coefficient (Wildman–Crippen LogP) is 2.02. The van der Waals surface area contributed by atoms with Gasteiger partial charge in [-0.15, -0.1) is 11.3 Å². The van der Waals surface area contributed by atoms with Gasteiger partial charge in [0.05, 0.1) is 0 Å². The van der Waals surface area contributed by atoms with Gasteiger partial charge in [-0.05, 0) is 25.5 Å². The summed E-state index contributed by atoms with van der Waals surface area (Å²) < 4.78 is 26.4. The Morgan fingerprint density at radius 1 is 1.47 bits per heavy atom. The van der Waals surface area contributed by atoms with Crippen LogP contribution in [0.15, 0.2) is 16.3 Å². The van der Waals surface area contributed by atoms with Gasteiger partial charge in [-0.25, -0.2) is 8.42 Å². The Kier molecular flexibility index (Phi) is 5.12. The van der Waals surface area contributed by atoms with E-state index in [0.717, 1.165) is 17.7 Å². The van der Waals surface area contributed by atoms with Gasteiger partial charge in [-0.3, -0.25) is 0 Å². The minimum absolute atomic E-state index is 0.0217. The molecular formula is C11H20N2O2S2. The fourth-order valence-corrected chi connectivity index (χ4v) is 4.40. The lowest BCUT2D eigenvalue weighted by molar-refractivity contribution is 0.369. The highest BCUT2D eigenvalue weighted by Crippen LogP contribution is 2.25. The molecule has 0 radical (unpaired) electrons. The summed E-state index contributed by atoms with van der Waals surface area (Å²) in [5.74, 6) is 0. The van der Waals surface area contributed by atoms with Gasteiger partial charge in [-0.2, -0.15) is 4.31 Å². The van der Waals surface area contributed by atoms with Crippen LogP contribution < -0.4 is 5.73 Å². The monoisotopic (exact) mass is 276 g/mol. The number of nitrogens with two attached hydrogens (primary N) is 1. The first-order valence-electron chi connectivity index (χ1n) is 5.70. The summed E-state index contributed by atoms with van der Waals surface area (Å²) in [6.07, 6.45) is 1.84. The van der Waals surface area contributed by atoms with Gasteiger partial charge in [0, 0.05) is 24.5 Å². The summed E-state index contributed by atoms with van der Waals surface area (Å²) in [5, 5.41) is 0. The molecule has 4 nitrogen and oxygen atoms in total. The molecule has 17 heavy (non-hydrogen) atoms. The lowest BCUT2D eigenvalue weighted by atomic mass is 10.2. The Bertz CT molecular complexity index is 454. The average Bonchev–Trinajstić information content (AvgIpc) is 2.77. The van der Waals surface area contributed by atoms with Gasteiger partial charge >= 0.3 is 0 Å². The molecule has 0 aromatic carbocycles. The number of rotatable bonds is 6. The summed E-state index contributed by atoms with van der Waals surface area (Å²) in [6.45, 7) is 4.36. The van der Waals surface area contributed by atoms with Crippen molar-refractivity contribution in [2.24, 2.45) is 5.73 Å². The van der Waals surface area contributed by atoms with Crippen LogP contribution in [0.3, 0.4) is 0 Å².